The topological polar surface area (TPSA) is 99.1 Å². The van der Waals surface area contributed by atoms with Gasteiger partial charge >= 0.3 is 17.9 Å². The molecule has 0 aliphatic rings. The Labute approximate surface area is 166 Å². The van der Waals surface area contributed by atoms with Gasteiger partial charge in [-0.15, -0.1) is 0 Å². The first-order chi connectivity index (χ1) is 13.2. The third-order valence-corrected chi connectivity index (χ3v) is 3.85. The summed E-state index contributed by atoms with van der Waals surface area (Å²) in [5, 5.41) is 9.23. The van der Waals surface area contributed by atoms with Gasteiger partial charge < -0.3 is 19.3 Å². The van der Waals surface area contributed by atoms with E-state index in [4.69, 9.17) is 9.47 Å². The average molecular weight is 394 g/mol. The highest BCUT2D eigenvalue weighted by Crippen LogP contribution is 2.24. The summed E-state index contributed by atoms with van der Waals surface area (Å²) in [6.07, 6.45) is 4.72. The lowest BCUT2D eigenvalue weighted by Gasteiger charge is -2.19. The van der Waals surface area contributed by atoms with Crippen molar-refractivity contribution in [3.8, 4) is 5.75 Å². The minimum absolute atomic E-state index is 0.0742. The molecule has 0 aromatic heterocycles. The Bertz CT molecular complexity index is 674. The third kappa shape index (κ3) is 8.41. The number of benzene rings is 1. The maximum absolute atomic E-state index is 11.9. The number of ether oxygens (including phenoxy) is 3. The molecule has 156 valence electrons. The van der Waals surface area contributed by atoms with E-state index in [0.717, 1.165) is 32.1 Å². The van der Waals surface area contributed by atoms with E-state index in [-0.39, 0.29) is 22.8 Å². The monoisotopic (exact) mass is 394 g/mol. The Morgan fingerprint density at radius 3 is 2.25 bits per heavy atom. The second kappa shape index (κ2) is 11.3. The molecule has 1 aromatic rings. The third-order valence-electron chi connectivity index (χ3n) is 3.85. The zero-order valence-corrected chi connectivity index (χ0v) is 17.1. The van der Waals surface area contributed by atoms with Crippen molar-refractivity contribution >= 4 is 17.9 Å². The van der Waals surface area contributed by atoms with E-state index in [9.17, 15) is 19.5 Å². The van der Waals surface area contributed by atoms with Crippen LogP contribution in [0.3, 0.4) is 0 Å². The van der Waals surface area contributed by atoms with Gasteiger partial charge in [-0.05, 0) is 45.7 Å². The van der Waals surface area contributed by atoms with Crippen molar-refractivity contribution in [2.45, 2.75) is 64.9 Å². The van der Waals surface area contributed by atoms with Gasteiger partial charge in [0.25, 0.3) is 0 Å². The van der Waals surface area contributed by atoms with Gasteiger partial charge in [-0.1, -0.05) is 25.3 Å². The summed E-state index contributed by atoms with van der Waals surface area (Å²) in [6, 6.07) is 4.42. The largest absolute Gasteiger partial charge is 0.493 e. The van der Waals surface area contributed by atoms with Crippen molar-refractivity contribution in [2.24, 2.45) is 0 Å². The molecule has 0 saturated carbocycles. The van der Waals surface area contributed by atoms with Gasteiger partial charge in [0.15, 0.2) is 0 Å². The highest BCUT2D eigenvalue weighted by molar-refractivity contribution is 6.04. The van der Waals surface area contributed by atoms with Crippen LogP contribution in [0, 0.1) is 0 Å². The number of carbonyl (C=O) groups excluding carboxylic acids is 2. The first-order valence-electron chi connectivity index (χ1n) is 9.45. The van der Waals surface area contributed by atoms with Crippen molar-refractivity contribution in [3.05, 3.63) is 29.3 Å². The first kappa shape index (κ1) is 23.5. The van der Waals surface area contributed by atoms with E-state index in [1.54, 1.807) is 6.07 Å². The summed E-state index contributed by atoms with van der Waals surface area (Å²) in [5.74, 6) is -1.92. The van der Waals surface area contributed by atoms with Crippen LogP contribution >= 0.6 is 0 Å². The lowest BCUT2D eigenvalue weighted by atomic mass is 10.1. The quantitative estimate of drug-likeness (QED) is 0.443. The lowest BCUT2D eigenvalue weighted by molar-refractivity contribution is -0.154. The van der Waals surface area contributed by atoms with Crippen LogP contribution in [0.25, 0.3) is 0 Å². The number of carboxylic acids is 1. The molecule has 0 amide bonds. The fourth-order valence-electron chi connectivity index (χ4n) is 2.62. The number of hydrogen-bond donors (Lipinski definition) is 1. The van der Waals surface area contributed by atoms with E-state index in [2.05, 4.69) is 4.74 Å². The summed E-state index contributed by atoms with van der Waals surface area (Å²) < 4.78 is 15.5. The zero-order chi connectivity index (χ0) is 21.2. The number of carboxylic acid groups (broad SMARTS) is 1. The molecule has 0 heterocycles. The number of unbranched alkanes of at least 4 members (excludes halogenated alkanes) is 4. The highest BCUT2D eigenvalue weighted by atomic mass is 16.6. The van der Waals surface area contributed by atoms with E-state index in [0.29, 0.717) is 13.0 Å². The Morgan fingerprint density at radius 1 is 1.00 bits per heavy atom. The second-order valence-corrected chi connectivity index (χ2v) is 7.43. The van der Waals surface area contributed by atoms with Gasteiger partial charge in [0.1, 0.15) is 16.9 Å². The van der Waals surface area contributed by atoms with E-state index < -0.39 is 17.5 Å². The van der Waals surface area contributed by atoms with Crippen molar-refractivity contribution in [1.82, 2.24) is 0 Å². The molecule has 1 N–H and O–H groups in total. The van der Waals surface area contributed by atoms with Crippen molar-refractivity contribution in [1.29, 1.82) is 0 Å². The minimum atomic E-state index is -1.21. The zero-order valence-electron chi connectivity index (χ0n) is 17.1. The van der Waals surface area contributed by atoms with Crippen LogP contribution < -0.4 is 4.74 Å². The van der Waals surface area contributed by atoms with Crippen LogP contribution in [-0.4, -0.2) is 42.3 Å². The predicted molar refractivity (Wildman–Crippen MR) is 104 cm³/mol. The molecule has 0 spiro atoms. The average Bonchev–Trinajstić information content (AvgIpc) is 2.61. The van der Waals surface area contributed by atoms with Gasteiger partial charge in [-0.25, -0.2) is 9.59 Å². The standard InChI is InChI=1S/C21H30O7/c1-21(2,3)28-17(22)13-8-6-5-7-9-14-27-16-12-10-11-15(19(23)24)18(16)20(25)26-4/h10-12H,5-9,13-14H2,1-4H3,(H,23,24). The summed E-state index contributed by atoms with van der Waals surface area (Å²) in [4.78, 5) is 34.8. The van der Waals surface area contributed by atoms with Gasteiger partial charge in [0.05, 0.1) is 19.3 Å². The number of carbonyl (C=O) groups is 3. The molecule has 0 fully saturated rings. The Hall–Kier alpha value is -2.57. The van der Waals surface area contributed by atoms with Crippen LogP contribution in [0.2, 0.25) is 0 Å². The number of rotatable bonds is 11. The summed E-state index contributed by atoms with van der Waals surface area (Å²) in [7, 11) is 1.20. The molecule has 0 bridgehead atoms. The summed E-state index contributed by atoms with van der Waals surface area (Å²) >= 11 is 0. The molecular formula is C21H30O7. The van der Waals surface area contributed by atoms with Gasteiger partial charge in [-0.3, -0.25) is 4.79 Å². The SMILES string of the molecule is COC(=O)c1c(OCCCCCCCC(=O)OC(C)(C)C)cccc1C(=O)O. The molecule has 0 radical (unpaired) electrons. The normalized spacial score (nSPS) is 11.0. The number of hydrogen-bond acceptors (Lipinski definition) is 6. The molecule has 7 heteroatoms. The molecule has 0 saturated heterocycles. The number of aromatic carboxylic acids is 1. The second-order valence-electron chi connectivity index (χ2n) is 7.43. The fraction of sp³-hybridized carbons (Fsp3) is 0.571. The number of esters is 2. The predicted octanol–water partition coefficient (Wildman–Crippen LogP) is 4.23. The lowest BCUT2D eigenvalue weighted by Crippen LogP contribution is -2.23. The van der Waals surface area contributed by atoms with Crippen LogP contribution in [0.1, 0.15) is 80.0 Å². The van der Waals surface area contributed by atoms with E-state index in [1.165, 1.54) is 19.2 Å². The number of methoxy groups -OCH3 is 1. The van der Waals surface area contributed by atoms with Crippen LogP contribution in [0.5, 0.6) is 5.75 Å². The minimum Gasteiger partial charge on any atom is -0.493 e. The van der Waals surface area contributed by atoms with Crippen LogP contribution in [0.15, 0.2) is 18.2 Å². The summed E-state index contributed by atoms with van der Waals surface area (Å²) in [5.41, 5.74) is -0.670. The maximum Gasteiger partial charge on any atom is 0.342 e. The Balaban J connectivity index is 2.35. The first-order valence-corrected chi connectivity index (χ1v) is 9.45. The van der Waals surface area contributed by atoms with Crippen LogP contribution in [0.4, 0.5) is 0 Å². The molecule has 0 unspecified atom stereocenters. The molecule has 1 aromatic carbocycles. The van der Waals surface area contributed by atoms with Crippen LogP contribution in [-0.2, 0) is 14.3 Å². The van der Waals surface area contributed by atoms with Gasteiger partial charge in [0.2, 0.25) is 0 Å². The van der Waals surface area contributed by atoms with E-state index >= 15 is 0 Å². The fourth-order valence-corrected chi connectivity index (χ4v) is 2.62. The Morgan fingerprint density at radius 2 is 1.64 bits per heavy atom. The molecule has 0 atom stereocenters. The highest BCUT2D eigenvalue weighted by Gasteiger charge is 2.22. The van der Waals surface area contributed by atoms with Crippen molar-refractivity contribution in [3.63, 3.8) is 0 Å². The molecule has 1 rings (SSSR count). The maximum atomic E-state index is 11.9. The van der Waals surface area contributed by atoms with Gasteiger partial charge in [0, 0.05) is 6.42 Å². The molecule has 0 aliphatic heterocycles. The van der Waals surface area contributed by atoms with Crippen molar-refractivity contribution < 1.29 is 33.7 Å². The summed E-state index contributed by atoms with van der Waals surface area (Å²) in [6.45, 7) is 5.91. The molecule has 28 heavy (non-hydrogen) atoms. The molecule has 7 nitrogen and oxygen atoms in total. The van der Waals surface area contributed by atoms with Crippen molar-refractivity contribution in [2.75, 3.05) is 13.7 Å². The van der Waals surface area contributed by atoms with E-state index in [1.807, 2.05) is 20.8 Å². The molecule has 0 aliphatic carbocycles. The smallest absolute Gasteiger partial charge is 0.342 e. The molecular weight excluding hydrogens is 364 g/mol. The Kier molecular flexibility index (Phi) is 9.48. The van der Waals surface area contributed by atoms with Gasteiger partial charge in [-0.2, -0.15) is 0 Å².